The van der Waals surface area contributed by atoms with E-state index < -0.39 is 10.8 Å². The minimum atomic E-state index is -0.561. The molecule has 0 saturated heterocycles. The predicted octanol–water partition coefficient (Wildman–Crippen LogP) is 5.58. The maximum Gasteiger partial charge on any atom is 0.270 e. The number of hydrogen-bond acceptors (Lipinski definition) is 5. The highest BCUT2D eigenvalue weighted by atomic mass is 35.5. The minimum absolute atomic E-state index is 0.00606. The zero-order valence-electron chi connectivity index (χ0n) is 19.5. The standard InChI is InChI=1S/C26H26ClN3O4S/c1-17(2)15-28(26(32)20-9-8-19(30(33)34)14-22(20)27)16-24(31)29-12-10-23-21(11-13-35-23)25(29)18-6-4-3-5-7-18/h3-9,11,13-14,17,25H,10,12,15-16H2,1-2H3/t25-/m1/s1. The number of carbonyl (C=O) groups excluding carboxylic acids is 2. The first-order chi connectivity index (χ1) is 16.8. The molecule has 3 aromatic rings. The quantitative estimate of drug-likeness (QED) is 0.306. The number of thiophene rings is 1. The molecule has 2 heterocycles. The van der Waals surface area contributed by atoms with Crippen LogP contribution in [0.2, 0.25) is 5.02 Å². The fourth-order valence-corrected chi connectivity index (χ4v) is 5.61. The number of nitro groups is 1. The Morgan fingerprint density at radius 3 is 2.60 bits per heavy atom. The molecule has 2 aromatic carbocycles. The van der Waals surface area contributed by atoms with Gasteiger partial charge in [0.1, 0.15) is 6.54 Å². The zero-order valence-corrected chi connectivity index (χ0v) is 21.1. The van der Waals surface area contributed by atoms with E-state index >= 15 is 0 Å². The molecule has 0 bridgehead atoms. The van der Waals surface area contributed by atoms with Crippen LogP contribution in [0.1, 0.15) is 46.3 Å². The molecule has 0 N–H and O–H groups in total. The zero-order chi connectivity index (χ0) is 25.1. The molecule has 0 spiro atoms. The molecule has 1 atom stereocenters. The number of nitrogens with zero attached hydrogens (tertiary/aromatic N) is 3. The molecule has 0 radical (unpaired) electrons. The van der Waals surface area contributed by atoms with Gasteiger partial charge in [-0.2, -0.15) is 0 Å². The SMILES string of the molecule is CC(C)CN(CC(=O)N1CCc2sccc2[C@H]1c1ccccc1)C(=O)c1ccc([N+](=O)[O-])cc1Cl. The van der Waals surface area contributed by atoms with E-state index in [4.69, 9.17) is 11.6 Å². The van der Waals surface area contributed by atoms with Crippen LogP contribution in [-0.2, 0) is 11.2 Å². The maximum absolute atomic E-state index is 13.7. The van der Waals surface area contributed by atoms with Crippen LogP contribution < -0.4 is 0 Å². The molecular weight excluding hydrogens is 486 g/mol. The minimum Gasteiger partial charge on any atom is -0.330 e. The summed E-state index contributed by atoms with van der Waals surface area (Å²) >= 11 is 7.94. The van der Waals surface area contributed by atoms with Gasteiger partial charge in [-0.1, -0.05) is 55.8 Å². The molecule has 1 aliphatic rings. The molecule has 0 fully saturated rings. The van der Waals surface area contributed by atoms with E-state index in [-0.39, 0.29) is 40.7 Å². The Kier molecular flexibility index (Phi) is 7.52. The summed E-state index contributed by atoms with van der Waals surface area (Å²) in [5.41, 5.74) is 2.11. The van der Waals surface area contributed by atoms with Crippen molar-refractivity contribution in [3.8, 4) is 0 Å². The third-order valence-electron chi connectivity index (χ3n) is 5.99. The Bertz CT molecular complexity index is 1240. The van der Waals surface area contributed by atoms with Crippen molar-refractivity contribution in [1.82, 2.24) is 9.80 Å². The van der Waals surface area contributed by atoms with E-state index in [0.29, 0.717) is 13.1 Å². The summed E-state index contributed by atoms with van der Waals surface area (Å²) in [5, 5.41) is 13.1. The highest BCUT2D eigenvalue weighted by Crippen LogP contribution is 2.38. The Hall–Kier alpha value is -3.23. The number of rotatable bonds is 7. The van der Waals surface area contributed by atoms with Crippen LogP contribution in [0, 0.1) is 16.0 Å². The monoisotopic (exact) mass is 511 g/mol. The number of hydrogen-bond donors (Lipinski definition) is 0. The van der Waals surface area contributed by atoms with Crippen molar-refractivity contribution in [2.75, 3.05) is 19.6 Å². The van der Waals surface area contributed by atoms with Crippen molar-refractivity contribution in [2.45, 2.75) is 26.3 Å². The summed E-state index contributed by atoms with van der Waals surface area (Å²) in [6, 6.07) is 15.5. The average Bonchev–Trinajstić information content (AvgIpc) is 3.31. The third kappa shape index (κ3) is 5.39. The molecule has 0 unspecified atom stereocenters. The van der Waals surface area contributed by atoms with Crippen molar-refractivity contribution in [2.24, 2.45) is 5.92 Å². The van der Waals surface area contributed by atoms with Gasteiger partial charge in [0.2, 0.25) is 5.91 Å². The summed E-state index contributed by atoms with van der Waals surface area (Å²) in [6.07, 6.45) is 0.772. The second kappa shape index (κ2) is 10.6. The molecular formula is C26H26ClN3O4S. The van der Waals surface area contributed by atoms with Gasteiger partial charge in [-0.25, -0.2) is 0 Å². The first-order valence-electron chi connectivity index (χ1n) is 11.4. The molecule has 7 nitrogen and oxygen atoms in total. The number of benzene rings is 2. The lowest BCUT2D eigenvalue weighted by molar-refractivity contribution is -0.384. The van der Waals surface area contributed by atoms with Crippen LogP contribution in [0.15, 0.2) is 60.0 Å². The highest BCUT2D eigenvalue weighted by Gasteiger charge is 2.34. The van der Waals surface area contributed by atoms with Gasteiger partial charge in [-0.15, -0.1) is 11.3 Å². The van der Waals surface area contributed by atoms with Crippen molar-refractivity contribution in [3.63, 3.8) is 0 Å². The van der Waals surface area contributed by atoms with E-state index in [2.05, 4.69) is 11.4 Å². The molecule has 9 heteroatoms. The van der Waals surface area contributed by atoms with Crippen LogP contribution in [-0.4, -0.2) is 46.2 Å². The fraction of sp³-hybridized carbons (Fsp3) is 0.308. The largest absolute Gasteiger partial charge is 0.330 e. The second-order valence-corrected chi connectivity index (χ2v) is 10.4. The van der Waals surface area contributed by atoms with Crippen molar-refractivity contribution in [3.05, 3.63) is 96.7 Å². The average molecular weight is 512 g/mol. The topological polar surface area (TPSA) is 83.8 Å². The lowest BCUT2D eigenvalue weighted by Crippen LogP contribution is -2.47. The Morgan fingerprint density at radius 2 is 1.94 bits per heavy atom. The van der Waals surface area contributed by atoms with Crippen molar-refractivity contribution < 1.29 is 14.5 Å². The highest BCUT2D eigenvalue weighted by molar-refractivity contribution is 7.10. The van der Waals surface area contributed by atoms with Crippen molar-refractivity contribution >= 4 is 40.4 Å². The van der Waals surface area contributed by atoms with Crippen LogP contribution >= 0.6 is 22.9 Å². The van der Waals surface area contributed by atoms with Gasteiger partial charge in [0.15, 0.2) is 0 Å². The number of non-ortho nitro benzene ring substituents is 1. The number of nitro benzene ring substituents is 1. The summed E-state index contributed by atoms with van der Waals surface area (Å²) < 4.78 is 0. The third-order valence-corrected chi connectivity index (χ3v) is 7.30. The van der Waals surface area contributed by atoms with Crippen LogP contribution in [0.3, 0.4) is 0 Å². The molecule has 2 amide bonds. The number of halogens is 1. The number of carbonyl (C=O) groups is 2. The molecule has 182 valence electrons. The normalized spacial score (nSPS) is 15.1. The lowest BCUT2D eigenvalue weighted by atomic mass is 9.93. The van der Waals surface area contributed by atoms with E-state index in [1.54, 1.807) is 11.3 Å². The first kappa shape index (κ1) is 24.9. The smallest absolute Gasteiger partial charge is 0.270 e. The summed E-state index contributed by atoms with van der Waals surface area (Å²) in [4.78, 5) is 42.2. The lowest BCUT2D eigenvalue weighted by Gasteiger charge is -2.38. The van der Waals surface area contributed by atoms with Gasteiger partial charge in [-0.05, 0) is 41.0 Å². The van der Waals surface area contributed by atoms with Gasteiger partial charge in [0.05, 0.1) is 21.6 Å². The predicted molar refractivity (Wildman–Crippen MR) is 137 cm³/mol. The van der Waals surface area contributed by atoms with Crippen LogP contribution in [0.5, 0.6) is 0 Å². The Balaban J connectivity index is 1.62. The molecule has 1 aromatic heterocycles. The Morgan fingerprint density at radius 1 is 1.20 bits per heavy atom. The summed E-state index contributed by atoms with van der Waals surface area (Å²) in [7, 11) is 0. The second-order valence-electron chi connectivity index (χ2n) is 8.95. The number of fused-ring (bicyclic) bond motifs is 1. The van der Waals surface area contributed by atoms with Crippen molar-refractivity contribution in [1.29, 1.82) is 0 Å². The molecule has 35 heavy (non-hydrogen) atoms. The molecule has 1 aliphatic heterocycles. The first-order valence-corrected chi connectivity index (χ1v) is 12.7. The van der Waals surface area contributed by atoms with E-state index in [9.17, 15) is 19.7 Å². The molecule has 4 rings (SSSR count). The van der Waals surface area contributed by atoms with E-state index in [1.807, 2.05) is 49.1 Å². The van der Waals surface area contributed by atoms with Gasteiger partial charge in [0.25, 0.3) is 11.6 Å². The summed E-state index contributed by atoms with van der Waals surface area (Å²) in [5.74, 6) is -0.461. The fourth-order valence-electron chi connectivity index (χ4n) is 4.46. The van der Waals surface area contributed by atoms with Gasteiger partial charge in [0, 0.05) is 30.1 Å². The maximum atomic E-state index is 13.7. The van der Waals surface area contributed by atoms with Crippen LogP contribution in [0.4, 0.5) is 5.69 Å². The van der Waals surface area contributed by atoms with E-state index in [1.165, 1.54) is 28.0 Å². The van der Waals surface area contributed by atoms with Gasteiger partial charge < -0.3 is 9.80 Å². The van der Waals surface area contributed by atoms with Gasteiger partial charge >= 0.3 is 0 Å². The van der Waals surface area contributed by atoms with E-state index in [0.717, 1.165) is 17.5 Å². The number of amides is 2. The Labute approximate surface area is 213 Å². The summed E-state index contributed by atoms with van der Waals surface area (Å²) in [6.45, 7) is 4.74. The van der Waals surface area contributed by atoms with Crippen LogP contribution in [0.25, 0.3) is 0 Å². The molecule has 0 aliphatic carbocycles. The van der Waals surface area contributed by atoms with Gasteiger partial charge in [-0.3, -0.25) is 19.7 Å². The molecule has 0 saturated carbocycles.